The fraction of sp³-hybridized carbons (Fsp3) is 0.258. The lowest BCUT2D eigenvalue weighted by atomic mass is 9.51. The maximum atomic E-state index is 6.88. The molecule has 0 bridgehead atoms. The Bertz CT molecular complexity index is 3570. The van der Waals surface area contributed by atoms with Gasteiger partial charge in [0.15, 0.2) is 0 Å². The zero-order chi connectivity index (χ0) is 51.2. The number of hydrogen-bond acceptors (Lipinski definition) is 5. The lowest BCUT2D eigenvalue weighted by Gasteiger charge is -2.38. The largest absolute Gasteiger partial charge is 0.457 e. The number of fused-ring (bicyclic) bond motifs is 5. The summed E-state index contributed by atoms with van der Waals surface area (Å²) in [5.74, 6) is 4.93. The number of benzene rings is 6. The molecule has 0 atom stereocenters. The molecule has 73 heavy (non-hydrogen) atoms. The smallest absolute Gasteiger partial charge is 0.338 e. The predicted molar refractivity (Wildman–Crippen MR) is 309 cm³/mol. The summed E-state index contributed by atoms with van der Waals surface area (Å²) in [6.07, 6.45) is 11.1. The van der Waals surface area contributed by atoms with Crippen molar-refractivity contribution in [3.63, 3.8) is 0 Å². The molecule has 0 radical (unpaired) electrons. The van der Waals surface area contributed by atoms with Crippen LogP contribution in [0.2, 0.25) is 0 Å². The van der Waals surface area contributed by atoms with E-state index in [0.29, 0.717) is 6.67 Å². The molecule has 0 saturated carbocycles. The van der Waals surface area contributed by atoms with Gasteiger partial charge in [0.1, 0.15) is 17.3 Å². The molecule has 0 spiro atoms. The topological polar surface area (TPSA) is 36.8 Å². The molecular weight excluding hydrogens is 890 g/mol. The molecular formula is C66H68BN5O. The molecule has 3 aliphatic heterocycles. The van der Waals surface area contributed by atoms with Gasteiger partial charge in [-0.25, -0.2) is 4.98 Å². The van der Waals surface area contributed by atoms with Crippen LogP contribution in [0.15, 0.2) is 188 Å². The van der Waals surface area contributed by atoms with Gasteiger partial charge < -0.3 is 19.3 Å². The number of rotatable bonds is 7. The number of anilines is 3. The van der Waals surface area contributed by atoms with Gasteiger partial charge in [0.05, 0.1) is 29.1 Å². The van der Waals surface area contributed by atoms with Crippen molar-refractivity contribution < 1.29 is 4.74 Å². The van der Waals surface area contributed by atoms with Crippen LogP contribution in [0.1, 0.15) is 116 Å². The van der Waals surface area contributed by atoms with Crippen LogP contribution in [-0.2, 0) is 21.7 Å². The normalized spacial score (nSPS) is 15.2. The van der Waals surface area contributed by atoms with Crippen molar-refractivity contribution >= 4 is 56.9 Å². The van der Waals surface area contributed by atoms with Crippen LogP contribution in [0.4, 0.5) is 17.1 Å². The van der Waals surface area contributed by atoms with E-state index in [1.165, 1.54) is 61.2 Å². The Hall–Kier alpha value is -7.51. The fourth-order valence-electron chi connectivity index (χ4n) is 10.9. The van der Waals surface area contributed by atoms with E-state index in [2.05, 4.69) is 278 Å². The second kappa shape index (κ2) is 17.6. The number of allylic oxidation sites excluding steroid dienone is 4. The first-order valence-corrected chi connectivity index (χ1v) is 26.0. The van der Waals surface area contributed by atoms with E-state index in [-0.39, 0.29) is 28.5 Å². The van der Waals surface area contributed by atoms with Gasteiger partial charge >= 0.3 is 6.85 Å². The van der Waals surface area contributed by atoms with Crippen LogP contribution in [-0.4, -0.2) is 27.9 Å². The van der Waals surface area contributed by atoms with E-state index in [9.17, 15) is 0 Å². The standard InChI is InChI=1S/C66H68BN5O/c1-63(2,3)46-30-33-68-61(39-46)72-57-25-16-14-23-54(57)55-29-28-51(41-60(55)72)73-50-21-19-20-49(40-50)70-43-71(59-27-18-17-26-58(59)70)62-53(45-36-47(64(4,5)6)38-48(37-45)65(7,8)9)32-35-69-34-31-44(42-67(62)69)52-22-13-15-24-56(52)66(10,11)12/h13-42H,43H2,1-12H3. The number of ether oxygens (including phenoxy) is 1. The summed E-state index contributed by atoms with van der Waals surface area (Å²) in [7, 11) is 0. The molecule has 3 aliphatic rings. The van der Waals surface area contributed by atoms with Crippen molar-refractivity contribution in [3.05, 3.63) is 221 Å². The van der Waals surface area contributed by atoms with Gasteiger partial charge in [-0.05, 0) is 145 Å². The Morgan fingerprint density at radius 1 is 0.521 bits per heavy atom. The zero-order valence-electron chi connectivity index (χ0n) is 44.7. The first-order valence-electron chi connectivity index (χ1n) is 26.0. The summed E-state index contributed by atoms with van der Waals surface area (Å²) < 4.78 is 9.15. The summed E-state index contributed by atoms with van der Waals surface area (Å²) in [5.41, 5.74) is 16.9. The summed E-state index contributed by atoms with van der Waals surface area (Å²) in [6.45, 7) is 28.2. The Labute approximate surface area is 433 Å². The van der Waals surface area contributed by atoms with Crippen molar-refractivity contribution in [3.8, 4) is 17.3 Å². The zero-order valence-corrected chi connectivity index (χ0v) is 44.7. The number of para-hydroxylation sites is 3. The predicted octanol–water partition coefficient (Wildman–Crippen LogP) is 17.0. The lowest BCUT2D eigenvalue weighted by Crippen LogP contribution is -2.44. The Morgan fingerprint density at radius 3 is 1.89 bits per heavy atom. The van der Waals surface area contributed by atoms with Gasteiger partial charge in [0, 0.05) is 40.4 Å². The molecule has 0 amide bonds. The van der Waals surface area contributed by atoms with E-state index < -0.39 is 0 Å². The molecule has 0 fully saturated rings. The van der Waals surface area contributed by atoms with Gasteiger partial charge in [-0.3, -0.25) is 4.57 Å². The van der Waals surface area contributed by atoms with Crippen LogP contribution in [0.25, 0.3) is 38.8 Å². The molecule has 2 aromatic heterocycles. The summed E-state index contributed by atoms with van der Waals surface area (Å²) in [4.78, 5) is 12.3. The van der Waals surface area contributed by atoms with Crippen LogP contribution >= 0.6 is 0 Å². The molecule has 0 saturated heterocycles. The van der Waals surface area contributed by atoms with E-state index in [4.69, 9.17) is 9.72 Å². The third-order valence-electron chi connectivity index (χ3n) is 15.0. The molecule has 7 heteroatoms. The van der Waals surface area contributed by atoms with Crippen LogP contribution in [0.3, 0.4) is 0 Å². The van der Waals surface area contributed by atoms with Gasteiger partial charge in [-0.1, -0.05) is 168 Å². The SMILES string of the molecule is CC(C)(C)c1cc(C2=C(N3CN(c4cccc(Oc5ccc6c7ccccc7n(-c7cc(C(C)(C)C)ccn7)c6c5)c4)c4ccccc43)B3C=C(c4ccccc4C(C)(C)C)C=CN3C=C2)cc(C(C)(C)C)c1. The molecule has 6 nitrogen and oxygen atoms in total. The minimum atomic E-state index is -0.0799. The van der Waals surface area contributed by atoms with Gasteiger partial charge in [-0.2, -0.15) is 0 Å². The van der Waals surface area contributed by atoms with Gasteiger partial charge in [0.2, 0.25) is 0 Å². The van der Waals surface area contributed by atoms with Crippen LogP contribution in [0, 0.1) is 0 Å². The summed E-state index contributed by atoms with van der Waals surface area (Å²) >= 11 is 0. The highest BCUT2D eigenvalue weighted by Gasteiger charge is 2.40. The average Bonchev–Trinajstić information content (AvgIpc) is 3.91. The molecule has 8 aromatic rings. The average molecular weight is 958 g/mol. The second-order valence-corrected chi connectivity index (χ2v) is 24.3. The van der Waals surface area contributed by atoms with E-state index >= 15 is 0 Å². The minimum absolute atomic E-state index is 0.0174. The highest BCUT2D eigenvalue weighted by Crippen LogP contribution is 2.48. The molecule has 11 rings (SSSR count). The first kappa shape index (κ1) is 47.8. The molecule has 6 aromatic carbocycles. The quantitative estimate of drug-likeness (QED) is 0.149. The summed E-state index contributed by atoms with van der Waals surface area (Å²) in [6, 6.07) is 53.1. The highest BCUT2D eigenvalue weighted by molar-refractivity contribution is 6.73. The number of pyridine rings is 1. The Balaban J connectivity index is 1.01. The van der Waals surface area contributed by atoms with E-state index in [1.807, 2.05) is 6.20 Å². The van der Waals surface area contributed by atoms with Crippen molar-refractivity contribution in [2.24, 2.45) is 0 Å². The third kappa shape index (κ3) is 8.87. The minimum Gasteiger partial charge on any atom is -0.457 e. The maximum absolute atomic E-state index is 6.88. The first-order chi connectivity index (χ1) is 34.7. The highest BCUT2D eigenvalue weighted by atomic mass is 16.5. The number of nitrogens with zero attached hydrogens (tertiary/aromatic N) is 5. The van der Waals surface area contributed by atoms with E-state index in [1.54, 1.807) is 0 Å². The van der Waals surface area contributed by atoms with Crippen LogP contribution < -0.4 is 14.5 Å². The van der Waals surface area contributed by atoms with Crippen molar-refractivity contribution in [2.75, 3.05) is 16.5 Å². The monoisotopic (exact) mass is 958 g/mol. The second-order valence-electron chi connectivity index (χ2n) is 24.3. The third-order valence-corrected chi connectivity index (χ3v) is 15.0. The summed E-state index contributed by atoms with van der Waals surface area (Å²) in [5, 5.41) is 2.34. The van der Waals surface area contributed by atoms with Gasteiger partial charge in [-0.15, -0.1) is 0 Å². The molecule has 0 unspecified atom stereocenters. The maximum Gasteiger partial charge on any atom is 0.338 e. The number of hydrogen-bond donors (Lipinski definition) is 0. The van der Waals surface area contributed by atoms with E-state index in [0.717, 1.165) is 45.1 Å². The molecule has 0 aliphatic carbocycles. The van der Waals surface area contributed by atoms with Crippen molar-refractivity contribution in [2.45, 2.75) is 105 Å². The number of aromatic nitrogens is 2. The Kier molecular flexibility index (Phi) is 11.5. The van der Waals surface area contributed by atoms with Crippen LogP contribution in [0.5, 0.6) is 11.5 Å². The fourth-order valence-corrected chi connectivity index (χ4v) is 10.9. The Morgan fingerprint density at radius 2 is 1.16 bits per heavy atom. The molecule has 5 heterocycles. The van der Waals surface area contributed by atoms with Crippen molar-refractivity contribution in [1.29, 1.82) is 0 Å². The molecule has 0 N–H and O–H groups in total. The van der Waals surface area contributed by atoms with Crippen molar-refractivity contribution in [1.82, 2.24) is 14.4 Å². The molecule has 366 valence electrons. The van der Waals surface area contributed by atoms with Gasteiger partial charge in [0.25, 0.3) is 0 Å². The lowest BCUT2D eigenvalue weighted by molar-refractivity contribution is 0.483.